The summed E-state index contributed by atoms with van der Waals surface area (Å²) in [5, 5.41) is 3.41. The third-order valence-corrected chi connectivity index (χ3v) is 3.72. The molecular formula is C20H26N2O2. The molecule has 0 saturated carbocycles. The standard InChI is InChI=1S/C20H26N2O2/c1-14(2)24-20(23)18-13-17(21)11-12-19(18)22-15(3)9-10-16-7-5-4-6-8-16/h4-8,11-15,22H,9-10,21H2,1-3H3. The second-order valence-corrected chi connectivity index (χ2v) is 6.33. The Kier molecular flexibility index (Phi) is 6.24. The van der Waals surface area contributed by atoms with E-state index in [1.807, 2.05) is 38.1 Å². The number of hydrogen-bond acceptors (Lipinski definition) is 4. The van der Waals surface area contributed by atoms with Crippen molar-refractivity contribution in [3.05, 3.63) is 59.7 Å². The minimum atomic E-state index is -0.352. The zero-order valence-corrected chi connectivity index (χ0v) is 14.6. The lowest BCUT2D eigenvalue weighted by molar-refractivity contribution is 0.0379. The quantitative estimate of drug-likeness (QED) is 0.589. The number of ether oxygens (including phenoxy) is 1. The highest BCUT2D eigenvalue weighted by atomic mass is 16.5. The van der Waals surface area contributed by atoms with E-state index in [0.29, 0.717) is 11.3 Å². The van der Waals surface area contributed by atoms with Gasteiger partial charge >= 0.3 is 5.97 Å². The molecule has 0 bridgehead atoms. The maximum absolute atomic E-state index is 12.3. The molecule has 1 unspecified atom stereocenters. The molecule has 0 amide bonds. The molecule has 4 nitrogen and oxygen atoms in total. The van der Waals surface area contributed by atoms with Gasteiger partial charge in [-0.1, -0.05) is 30.3 Å². The average molecular weight is 326 g/mol. The fourth-order valence-corrected chi connectivity index (χ4v) is 2.50. The molecule has 2 aromatic carbocycles. The number of benzene rings is 2. The first-order valence-electron chi connectivity index (χ1n) is 8.36. The lowest BCUT2D eigenvalue weighted by Crippen LogP contribution is -2.20. The lowest BCUT2D eigenvalue weighted by atomic mass is 10.1. The van der Waals surface area contributed by atoms with Gasteiger partial charge in [-0.2, -0.15) is 0 Å². The smallest absolute Gasteiger partial charge is 0.340 e. The van der Waals surface area contributed by atoms with Crippen LogP contribution in [0.4, 0.5) is 11.4 Å². The van der Waals surface area contributed by atoms with Crippen molar-refractivity contribution in [2.24, 2.45) is 0 Å². The Morgan fingerprint density at radius 1 is 1.12 bits per heavy atom. The maximum atomic E-state index is 12.3. The Morgan fingerprint density at radius 2 is 1.83 bits per heavy atom. The summed E-state index contributed by atoms with van der Waals surface area (Å²) in [4.78, 5) is 12.3. The van der Waals surface area contributed by atoms with E-state index in [-0.39, 0.29) is 18.1 Å². The molecule has 0 aromatic heterocycles. The summed E-state index contributed by atoms with van der Waals surface area (Å²) in [5.74, 6) is -0.352. The molecule has 0 spiro atoms. The molecule has 128 valence electrons. The number of carbonyl (C=O) groups excluding carboxylic acids is 1. The van der Waals surface area contributed by atoms with Crippen LogP contribution >= 0.6 is 0 Å². The molecule has 2 rings (SSSR count). The van der Waals surface area contributed by atoms with Crippen LogP contribution in [0.5, 0.6) is 0 Å². The van der Waals surface area contributed by atoms with Crippen molar-refractivity contribution < 1.29 is 9.53 Å². The van der Waals surface area contributed by atoms with Gasteiger partial charge in [0.15, 0.2) is 0 Å². The summed E-state index contributed by atoms with van der Waals surface area (Å²) >= 11 is 0. The van der Waals surface area contributed by atoms with Crippen molar-refractivity contribution in [2.45, 2.75) is 45.8 Å². The Balaban J connectivity index is 2.04. The number of aryl methyl sites for hydroxylation is 1. The van der Waals surface area contributed by atoms with Gasteiger partial charge in [0, 0.05) is 17.4 Å². The Hall–Kier alpha value is -2.49. The van der Waals surface area contributed by atoms with Crippen LogP contribution in [0.15, 0.2) is 48.5 Å². The van der Waals surface area contributed by atoms with Gasteiger partial charge in [0.1, 0.15) is 0 Å². The highest BCUT2D eigenvalue weighted by molar-refractivity contribution is 5.96. The number of rotatable bonds is 7. The molecule has 24 heavy (non-hydrogen) atoms. The van der Waals surface area contributed by atoms with Crippen LogP contribution in [0.2, 0.25) is 0 Å². The van der Waals surface area contributed by atoms with E-state index >= 15 is 0 Å². The number of anilines is 2. The monoisotopic (exact) mass is 326 g/mol. The highest BCUT2D eigenvalue weighted by Gasteiger charge is 2.16. The zero-order chi connectivity index (χ0) is 17.5. The van der Waals surface area contributed by atoms with Gasteiger partial charge in [-0.05, 0) is 57.4 Å². The minimum Gasteiger partial charge on any atom is -0.459 e. The van der Waals surface area contributed by atoms with Crippen LogP contribution in [0, 0.1) is 0 Å². The molecule has 1 atom stereocenters. The molecule has 0 radical (unpaired) electrons. The van der Waals surface area contributed by atoms with E-state index in [2.05, 4.69) is 24.4 Å². The summed E-state index contributed by atoms with van der Waals surface area (Å²) in [6, 6.07) is 15.9. The molecule has 0 aliphatic carbocycles. The van der Waals surface area contributed by atoms with Crippen molar-refractivity contribution in [3.63, 3.8) is 0 Å². The summed E-state index contributed by atoms with van der Waals surface area (Å²) in [6.45, 7) is 5.77. The molecule has 2 aromatic rings. The number of hydrogen-bond donors (Lipinski definition) is 2. The highest BCUT2D eigenvalue weighted by Crippen LogP contribution is 2.22. The molecule has 4 heteroatoms. The Labute approximate surface area is 144 Å². The Morgan fingerprint density at radius 3 is 2.50 bits per heavy atom. The minimum absolute atomic E-state index is 0.165. The predicted octanol–water partition coefficient (Wildman–Crippen LogP) is 4.27. The largest absolute Gasteiger partial charge is 0.459 e. The van der Waals surface area contributed by atoms with Crippen molar-refractivity contribution >= 4 is 17.3 Å². The number of nitrogens with one attached hydrogen (secondary N) is 1. The van der Waals surface area contributed by atoms with Crippen LogP contribution in [0.3, 0.4) is 0 Å². The first-order valence-corrected chi connectivity index (χ1v) is 8.36. The number of esters is 1. The van der Waals surface area contributed by atoms with E-state index < -0.39 is 0 Å². The van der Waals surface area contributed by atoms with E-state index in [0.717, 1.165) is 18.5 Å². The first kappa shape index (κ1) is 17.9. The van der Waals surface area contributed by atoms with E-state index in [1.54, 1.807) is 12.1 Å². The molecule has 3 N–H and O–H groups in total. The zero-order valence-electron chi connectivity index (χ0n) is 14.6. The van der Waals surface area contributed by atoms with Crippen LogP contribution in [-0.2, 0) is 11.2 Å². The van der Waals surface area contributed by atoms with Gasteiger partial charge in [-0.15, -0.1) is 0 Å². The molecule has 0 fully saturated rings. The second-order valence-electron chi connectivity index (χ2n) is 6.33. The van der Waals surface area contributed by atoms with Crippen molar-refractivity contribution in [3.8, 4) is 0 Å². The maximum Gasteiger partial charge on any atom is 0.340 e. The van der Waals surface area contributed by atoms with Gasteiger partial charge in [0.05, 0.1) is 11.7 Å². The van der Waals surface area contributed by atoms with Crippen LogP contribution in [0.25, 0.3) is 0 Å². The van der Waals surface area contributed by atoms with Crippen molar-refractivity contribution in [1.82, 2.24) is 0 Å². The van der Waals surface area contributed by atoms with Crippen LogP contribution in [-0.4, -0.2) is 18.1 Å². The normalized spacial score (nSPS) is 12.0. The molecule has 0 heterocycles. The fraction of sp³-hybridized carbons (Fsp3) is 0.350. The van der Waals surface area contributed by atoms with Gasteiger partial charge < -0.3 is 15.8 Å². The van der Waals surface area contributed by atoms with E-state index in [1.165, 1.54) is 5.56 Å². The van der Waals surface area contributed by atoms with Gasteiger partial charge in [-0.25, -0.2) is 4.79 Å². The average Bonchev–Trinajstić information content (AvgIpc) is 2.55. The van der Waals surface area contributed by atoms with E-state index in [4.69, 9.17) is 10.5 Å². The topological polar surface area (TPSA) is 64.3 Å². The van der Waals surface area contributed by atoms with Crippen LogP contribution < -0.4 is 11.1 Å². The summed E-state index contributed by atoms with van der Waals surface area (Å²) in [5.41, 5.74) is 8.92. The van der Waals surface area contributed by atoms with Gasteiger partial charge in [0.25, 0.3) is 0 Å². The van der Waals surface area contributed by atoms with Crippen LogP contribution in [0.1, 0.15) is 43.1 Å². The number of carbonyl (C=O) groups is 1. The number of nitrogen functional groups attached to an aromatic ring is 1. The second kappa shape index (κ2) is 8.39. The van der Waals surface area contributed by atoms with E-state index in [9.17, 15) is 4.79 Å². The number of nitrogens with two attached hydrogens (primary N) is 1. The Bertz CT molecular complexity index is 669. The predicted molar refractivity (Wildman–Crippen MR) is 99.3 cm³/mol. The third-order valence-electron chi connectivity index (χ3n) is 3.72. The van der Waals surface area contributed by atoms with Gasteiger partial charge in [-0.3, -0.25) is 0 Å². The summed E-state index contributed by atoms with van der Waals surface area (Å²) < 4.78 is 5.31. The molecular weight excluding hydrogens is 300 g/mol. The third kappa shape index (κ3) is 5.30. The molecule has 0 aliphatic rings. The van der Waals surface area contributed by atoms with Crippen molar-refractivity contribution in [2.75, 3.05) is 11.1 Å². The van der Waals surface area contributed by atoms with Crippen molar-refractivity contribution in [1.29, 1.82) is 0 Å². The SMILES string of the molecule is CC(CCc1ccccc1)Nc1ccc(N)cc1C(=O)OC(C)C. The molecule has 0 saturated heterocycles. The molecule has 0 aliphatic heterocycles. The fourth-order valence-electron chi connectivity index (χ4n) is 2.50. The summed E-state index contributed by atoms with van der Waals surface area (Å²) in [6.07, 6.45) is 1.78. The first-order chi connectivity index (χ1) is 11.5. The lowest BCUT2D eigenvalue weighted by Gasteiger charge is -2.19. The van der Waals surface area contributed by atoms with Gasteiger partial charge in [0.2, 0.25) is 0 Å². The summed E-state index contributed by atoms with van der Waals surface area (Å²) in [7, 11) is 0.